The van der Waals surface area contributed by atoms with Gasteiger partial charge in [-0.15, -0.1) is 0 Å². The minimum atomic E-state index is 0.111. The molecule has 0 amide bonds. The van der Waals surface area contributed by atoms with E-state index in [2.05, 4.69) is 13.8 Å². The summed E-state index contributed by atoms with van der Waals surface area (Å²) in [6.45, 7) is 6.73. The number of ketones is 1. The summed E-state index contributed by atoms with van der Waals surface area (Å²) in [5.74, 6) is 3.38. The van der Waals surface area contributed by atoms with Gasteiger partial charge in [0.1, 0.15) is 11.4 Å². The Morgan fingerprint density at radius 1 is 1.23 bits per heavy atom. The van der Waals surface area contributed by atoms with Crippen molar-refractivity contribution in [3.8, 4) is 0 Å². The Kier molecular flexibility index (Phi) is 3.98. The number of carbonyl (C=O) groups is 1. The predicted molar refractivity (Wildman–Crippen MR) is 104 cm³/mol. The number of fused-ring (bicyclic) bond motifs is 3. The number of rotatable bonds is 4. The van der Waals surface area contributed by atoms with Crippen LogP contribution in [-0.2, 0) is 9.53 Å². The van der Waals surface area contributed by atoms with Crippen molar-refractivity contribution in [1.29, 1.82) is 0 Å². The van der Waals surface area contributed by atoms with E-state index in [1.807, 2.05) is 5.57 Å². The normalized spacial score (nSPS) is 47.5. The fourth-order valence-corrected chi connectivity index (χ4v) is 7.95. The monoisotopic (exact) mass is 356 g/mol. The number of epoxide rings is 1. The maximum atomic E-state index is 11.5. The first-order valence-corrected chi connectivity index (χ1v) is 11.4. The van der Waals surface area contributed by atoms with E-state index in [0.29, 0.717) is 29.1 Å². The minimum Gasteiger partial charge on any atom is -0.361 e. The fourth-order valence-electron chi connectivity index (χ4n) is 7.95. The molecule has 0 aromatic heterocycles. The molecule has 2 nitrogen and oxygen atoms in total. The lowest BCUT2D eigenvalue weighted by molar-refractivity contribution is -0.117. The van der Waals surface area contributed by atoms with Crippen LogP contribution in [0.4, 0.5) is 0 Å². The first-order valence-electron chi connectivity index (χ1n) is 11.4. The molecule has 0 N–H and O–H groups in total. The third-order valence-corrected chi connectivity index (χ3v) is 9.39. The lowest BCUT2D eigenvalue weighted by Gasteiger charge is -2.53. The molecule has 0 aromatic rings. The van der Waals surface area contributed by atoms with Crippen LogP contribution in [0.15, 0.2) is 11.1 Å². The van der Waals surface area contributed by atoms with Gasteiger partial charge in [-0.2, -0.15) is 0 Å². The maximum Gasteiger partial charge on any atom is 0.129 e. The predicted octanol–water partition coefficient (Wildman–Crippen LogP) is 5.85. The second kappa shape index (κ2) is 5.93. The summed E-state index contributed by atoms with van der Waals surface area (Å²) in [6, 6.07) is 0. The molecular formula is C24H36O2. The van der Waals surface area contributed by atoms with Crippen molar-refractivity contribution in [2.24, 2.45) is 29.1 Å². The van der Waals surface area contributed by atoms with Gasteiger partial charge < -0.3 is 9.53 Å². The second-order valence-corrected chi connectivity index (χ2v) is 10.5. The van der Waals surface area contributed by atoms with Gasteiger partial charge in [0.15, 0.2) is 0 Å². The summed E-state index contributed by atoms with van der Waals surface area (Å²) in [5, 5.41) is 0. The topological polar surface area (TPSA) is 29.6 Å². The Balaban J connectivity index is 1.44. The summed E-state index contributed by atoms with van der Waals surface area (Å²) in [4.78, 5) is 11.5. The van der Waals surface area contributed by atoms with E-state index in [-0.39, 0.29) is 5.60 Å². The van der Waals surface area contributed by atoms with Crippen LogP contribution in [0.1, 0.15) is 91.4 Å². The van der Waals surface area contributed by atoms with Crippen molar-refractivity contribution >= 4 is 5.78 Å². The van der Waals surface area contributed by atoms with E-state index in [0.717, 1.165) is 24.7 Å². The number of Topliss-reactive ketones (excluding diaryl/α,β-unsaturated/α-hetero) is 1. The number of carbonyl (C=O) groups excluding carboxylic acids is 1. The number of hydrogen-bond donors (Lipinski definition) is 0. The molecule has 4 aliphatic carbocycles. The van der Waals surface area contributed by atoms with E-state index >= 15 is 0 Å². The zero-order valence-electron chi connectivity index (χ0n) is 17.0. The molecule has 4 fully saturated rings. The van der Waals surface area contributed by atoms with Crippen LogP contribution in [0.3, 0.4) is 0 Å². The summed E-state index contributed by atoms with van der Waals surface area (Å²) < 4.78 is 6.60. The van der Waals surface area contributed by atoms with E-state index in [1.54, 1.807) is 12.5 Å². The van der Waals surface area contributed by atoms with Crippen molar-refractivity contribution in [2.75, 3.05) is 0 Å². The molecule has 0 radical (unpaired) electrons. The third kappa shape index (κ3) is 2.30. The summed E-state index contributed by atoms with van der Waals surface area (Å²) in [5.41, 5.74) is 4.26. The third-order valence-electron chi connectivity index (χ3n) is 9.39. The smallest absolute Gasteiger partial charge is 0.129 e. The van der Waals surface area contributed by atoms with Crippen molar-refractivity contribution in [3.05, 3.63) is 11.1 Å². The summed E-state index contributed by atoms with van der Waals surface area (Å²) in [6.07, 6.45) is 14.7. The standard InChI is InChI=1S/C24H36O2/c1-15(7-8-16(2)25)19-11-12-20-18-10-9-17-6-4-5-13-23(17,3)21(18)14-22-24(19,20)26-22/h15,17,19,21-22H,4-14H2,1-3H3. The number of ether oxygens (including phenoxy) is 1. The number of allylic oxidation sites excluding steroid dienone is 1. The summed E-state index contributed by atoms with van der Waals surface area (Å²) >= 11 is 0. The highest BCUT2D eigenvalue weighted by Gasteiger charge is 2.71. The zero-order chi connectivity index (χ0) is 18.1. The van der Waals surface area contributed by atoms with E-state index in [1.165, 1.54) is 57.8 Å². The Morgan fingerprint density at radius 3 is 2.88 bits per heavy atom. The maximum absolute atomic E-state index is 11.5. The lowest BCUT2D eigenvalue weighted by Crippen LogP contribution is -2.46. The van der Waals surface area contributed by atoms with Crippen LogP contribution in [0.5, 0.6) is 0 Å². The van der Waals surface area contributed by atoms with Crippen LogP contribution in [0.2, 0.25) is 0 Å². The van der Waals surface area contributed by atoms with E-state index in [4.69, 9.17) is 4.74 Å². The minimum absolute atomic E-state index is 0.111. The highest BCUT2D eigenvalue weighted by molar-refractivity contribution is 5.75. The molecular weight excluding hydrogens is 320 g/mol. The van der Waals surface area contributed by atoms with Gasteiger partial charge in [-0.1, -0.05) is 32.3 Å². The molecule has 5 aliphatic rings. The highest BCUT2D eigenvalue weighted by Crippen LogP contribution is 2.69. The first-order chi connectivity index (χ1) is 12.5. The Hall–Kier alpha value is -0.630. The van der Waals surface area contributed by atoms with Gasteiger partial charge >= 0.3 is 0 Å². The SMILES string of the molecule is CC(=O)CCC(C)C1CCC2=C3CCC4CCCCC4(C)C3CC3OC231. The second-order valence-electron chi connectivity index (χ2n) is 10.5. The van der Waals surface area contributed by atoms with Crippen molar-refractivity contribution in [2.45, 2.75) is 103 Å². The van der Waals surface area contributed by atoms with Gasteiger partial charge in [0, 0.05) is 6.42 Å². The van der Waals surface area contributed by atoms with E-state index in [9.17, 15) is 4.79 Å². The summed E-state index contributed by atoms with van der Waals surface area (Å²) in [7, 11) is 0. The Bertz CT molecular complexity index is 649. The molecule has 1 aliphatic heterocycles. The zero-order valence-corrected chi connectivity index (χ0v) is 17.0. The van der Waals surface area contributed by atoms with Crippen LogP contribution in [0.25, 0.3) is 0 Å². The molecule has 1 heterocycles. The molecule has 7 unspecified atom stereocenters. The van der Waals surface area contributed by atoms with Gasteiger partial charge in [-0.25, -0.2) is 0 Å². The van der Waals surface area contributed by atoms with Crippen LogP contribution >= 0.6 is 0 Å². The van der Waals surface area contributed by atoms with Crippen molar-refractivity contribution < 1.29 is 9.53 Å². The molecule has 26 heavy (non-hydrogen) atoms. The molecule has 2 heteroatoms. The van der Waals surface area contributed by atoms with Gasteiger partial charge in [0.05, 0.1) is 6.10 Å². The van der Waals surface area contributed by atoms with Gasteiger partial charge in [-0.3, -0.25) is 0 Å². The van der Waals surface area contributed by atoms with Gasteiger partial charge in [0.25, 0.3) is 0 Å². The quantitative estimate of drug-likeness (QED) is 0.467. The first kappa shape index (κ1) is 17.5. The molecule has 144 valence electrons. The molecule has 1 saturated heterocycles. The van der Waals surface area contributed by atoms with Gasteiger partial charge in [0.2, 0.25) is 0 Å². The fraction of sp³-hybridized carbons (Fsp3) is 0.875. The molecule has 1 spiro atoms. The molecule has 7 atom stereocenters. The molecule has 5 rings (SSSR count). The van der Waals surface area contributed by atoms with Crippen molar-refractivity contribution in [3.63, 3.8) is 0 Å². The molecule has 0 aromatic carbocycles. The Labute approximate surface area is 159 Å². The average Bonchev–Trinajstić information content (AvgIpc) is 3.21. The number of hydrogen-bond acceptors (Lipinski definition) is 2. The lowest BCUT2D eigenvalue weighted by atomic mass is 9.51. The molecule has 3 saturated carbocycles. The van der Waals surface area contributed by atoms with Crippen LogP contribution in [0, 0.1) is 29.1 Å². The molecule has 0 bridgehead atoms. The van der Waals surface area contributed by atoms with E-state index < -0.39 is 0 Å². The largest absolute Gasteiger partial charge is 0.361 e. The van der Waals surface area contributed by atoms with Crippen LogP contribution < -0.4 is 0 Å². The highest BCUT2D eigenvalue weighted by atomic mass is 16.6. The van der Waals surface area contributed by atoms with Crippen molar-refractivity contribution in [1.82, 2.24) is 0 Å². The van der Waals surface area contributed by atoms with Gasteiger partial charge in [-0.05, 0) is 93.0 Å². The van der Waals surface area contributed by atoms with Crippen LogP contribution in [-0.4, -0.2) is 17.5 Å². The average molecular weight is 357 g/mol. The Morgan fingerprint density at radius 2 is 2.08 bits per heavy atom.